The van der Waals surface area contributed by atoms with Crippen LogP contribution in [0.1, 0.15) is 58.6 Å². The highest BCUT2D eigenvalue weighted by Gasteiger charge is 2.17. The van der Waals surface area contributed by atoms with Gasteiger partial charge in [-0.15, -0.1) is 0 Å². The number of aliphatic hydroxyl groups excluding tert-OH is 1. The molecule has 1 N–H and O–H groups in total. The average Bonchev–Trinajstić information content (AvgIpc) is 2.30. The molecule has 0 spiro atoms. The predicted molar refractivity (Wildman–Crippen MR) is 78.9 cm³/mol. The Morgan fingerprint density at radius 2 is 1.50 bits per heavy atom. The predicted octanol–water partition coefficient (Wildman–Crippen LogP) is 4.32. The van der Waals surface area contributed by atoms with Crippen LogP contribution in [0.25, 0.3) is 0 Å². The summed E-state index contributed by atoms with van der Waals surface area (Å²) in [7, 11) is 0. The zero-order chi connectivity index (χ0) is 13.8. The van der Waals surface area contributed by atoms with Crippen molar-refractivity contribution in [3.8, 4) is 0 Å². The van der Waals surface area contributed by atoms with Crippen LogP contribution in [0.5, 0.6) is 0 Å². The zero-order valence-electron chi connectivity index (χ0n) is 12.5. The molecule has 0 saturated carbocycles. The number of benzene rings is 1. The highest BCUT2D eigenvalue weighted by Crippen LogP contribution is 2.23. The van der Waals surface area contributed by atoms with Gasteiger partial charge in [-0.2, -0.15) is 0 Å². The standard InChI is InChI=1S/C17H28O/c1-6-14(7-2)16(18)12-13-8-10-15(11-9-13)17(3,4)5/h8-11,14,16,18H,6-7,12H2,1-5H3. The van der Waals surface area contributed by atoms with Crippen LogP contribution in [0, 0.1) is 5.92 Å². The van der Waals surface area contributed by atoms with Gasteiger partial charge >= 0.3 is 0 Å². The van der Waals surface area contributed by atoms with Gasteiger partial charge in [-0.05, 0) is 28.9 Å². The van der Waals surface area contributed by atoms with Gasteiger partial charge in [-0.3, -0.25) is 0 Å². The quantitative estimate of drug-likeness (QED) is 0.822. The summed E-state index contributed by atoms with van der Waals surface area (Å²) < 4.78 is 0. The Bertz CT molecular complexity index is 341. The van der Waals surface area contributed by atoms with E-state index in [2.05, 4.69) is 58.9 Å². The van der Waals surface area contributed by atoms with Gasteiger partial charge in [0.15, 0.2) is 0 Å². The van der Waals surface area contributed by atoms with Crippen LogP contribution in [0.4, 0.5) is 0 Å². The second-order valence-electron chi connectivity index (χ2n) is 6.29. The molecule has 0 aromatic heterocycles. The molecule has 1 aromatic carbocycles. The molecule has 1 nitrogen and oxygen atoms in total. The van der Waals surface area contributed by atoms with Crippen LogP contribution in [-0.4, -0.2) is 11.2 Å². The van der Waals surface area contributed by atoms with E-state index in [1.165, 1.54) is 11.1 Å². The molecule has 0 aliphatic carbocycles. The van der Waals surface area contributed by atoms with Crippen LogP contribution in [0.15, 0.2) is 24.3 Å². The minimum absolute atomic E-state index is 0.201. The summed E-state index contributed by atoms with van der Waals surface area (Å²) in [5.41, 5.74) is 2.79. The molecule has 1 unspecified atom stereocenters. The topological polar surface area (TPSA) is 20.2 Å². The molecule has 0 aliphatic rings. The smallest absolute Gasteiger partial charge is 0.0608 e. The molecule has 0 aliphatic heterocycles. The minimum atomic E-state index is -0.208. The molecular weight excluding hydrogens is 220 g/mol. The van der Waals surface area contributed by atoms with Crippen molar-refractivity contribution in [3.05, 3.63) is 35.4 Å². The first-order valence-electron chi connectivity index (χ1n) is 7.16. The summed E-state index contributed by atoms with van der Waals surface area (Å²) in [6.07, 6.45) is 2.67. The second-order valence-corrected chi connectivity index (χ2v) is 6.29. The first-order valence-corrected chi connectivity index (χ1v) is 7.16. The van der Waals surface area contributed by atoms with E-state index in [1.54, 1.807) is 0 Å². The largest absolute Gasteiger partial charge is 0.392 e. The molecule has 0 amide bonds. The van der Waals surface area contributed by atoms with Crippen molar-refractivity contribution in [1.82, 2.24) is 0 Å². The fourth-order valence-corrected chi connectivity index (χ4v) is 2.38. The van der Waals surface area contributed by atoms with Gasteiger partial charge in [0, 0.05) is 0 Å². The summed E-state index contributed by atoms with van der Waals surface area (Å²) in [5, 5.41) is 10.2. The lowest BCUT2D eigenvalue weighted by molar-refractivity contribution is 0.103. The lowest BCUT2D eigenvalue weighted by atomic mass is 9.85. The molecule has 0 radical (unpaired) electrons. The zero-order valence-corrected chi connectivity index (χ0v) is 12.5. The lowest BCUT2D eigenvalue weighted by Crippen LogP contribution is -2.21. The monoisotopic (exact) mass is 248 g/mol. The summed E-state index contributed by atoms with van der Waals surface area (Å²) in [6, 6.07) is 8.70. The van der Waals surface area contributed by atoms with Crippen molar-refractivity contribution in [1.29, 1.82) is 0 Å². The second kappa shape index (κ2) is 6.38. The van der Waals surface area contributed by atoms with Gasteiger partial charge in [0.2, 0.25) is 0 Å². The molecule has 0 heterocycles. The van der Waals surface area contributed by atoms with Crippen molar-refractivity contribution in [2.45, 2.75) is 65.4 Å². The molecule has 1 heteroatoms. The summed E-state index contributed by atoms with van der Waals surface area (Å²) >= 11 is 0. The Kier molecular flexibility index (Phi) is 5.40. The van der Waals surface area contributed by atoms with E-state index in [0.717, 1.165) is 19.3 Å². The Labute approximate surface area is 112 Å². The van der Waals surface area contributed by atoms with Crippen LogP contribution >= 0.6 is 0 Å². The van der Waals surface area contributed by atoms with Crippen LogP contribution in [-0.2, 0) is 11.8 Å². The molecule has 0 saturated heterocycles. The molecule has 1 rings (SSSR count). The molecule has 1 aromatic rings. The average molecular weight is 248 g/mol. The number of aliphatic hydroxyl groups is 1. The van der Waals surface area contributed by atoms with Crippen molar-refractivity contribution >= 4 is 0 Å². The fourth-order valence-electron chi connectivity index (χ4n) is 2.38. The minimum Gasteiger partial charge on any atom is -0.392 e. The first kappa shape index (κ1) is 15.2. The molecule has 102 valence electrons. The van der Waals surface area contributed by atoms with E-state index in [0.29, 0.717) is 5.92 Å². The first-order chi connectivity index (χ1) is 8.38. The van der Waals surface area contributed by atoms with Gasteiger partial charge in [-0.1, -0.05) is 71.7 Å². The number of hydrogen-bond acceptors (Lipinski definition) is 1. The summed E-state index contributed by atoms with van der Waals surface area (Å²) in [6.45, 7) is 11.0. The third-order valence-electron chi connectivity index (χ3n) is 3.86. The number of rotatable bonds is 5. The third-order valence-corrected chi connectivity index (χ3v) is 3.86. The highest BCUT2D eigenvalue weighted by atomic mass is 16.3. The Morgan fingerprint density at radius 1 is 1.00 bits per heavy atom. The molecule has 0 fully saturated rings. The van der Waals surface area contributed by atoms with Crippen molar-refractivity contribution in [3.63, 3.8) is 0 Å². The van der Waals surface area contributed by atoms with E-state index >= 15 is 0 Å². The fraction of sp³-hybridized carbons (Fsp3) is 0.647. The third kappa shape index (κ3) is 4.13. The maximum Gasteiger partial charge on any atom is 0.0608 e. The van der Waals surface area contributed by atoms with E-state index < -0.39 is 0 Å². The van der Waals surface area contributed by atoms with Gasteiger partial charge in [-0.25, -0.2) is 0 Å². The van der Waals surface area contributed by atoms with Gasteiger partial charge in [0.25, 0.3) is 0 Å². The molecule has 18 heavy (non-hydrogen) atoms. The maximum absolute atomic E-state index is 10.2. The maximum atomic E-state index is 10.2. The van der Waals surface area contributed by atoms with Crippen LogP contribution in [0.2, 0.25) is 0 Å². The van der Waals surface area contributed by atoms with E-state index in [9.17, 15) is 5.11 Å². The molecular formula is C17H28O. The summed E-state index contributed by atoms with van der Waals surface area (Å²) in [4.78, 5) is 0. The SMILES string of the molecule is CCC(CC)C(O)Cc1ccc(C(C)(C)C)cc1. The van der Waals surface area contributed by atoms with Gasteiger partial charge in [0.1, 0.15) is 0 Å². The van der Waals surface area contributed by atoms with Gasteiger partial charge < -0.3 is 5.11 Å². The van der Waals surface area contributed by atoms with Crippen molar-refractivity contribution < 1.29 is 5.11 Å². The van der Waals surface area contributed by atoms with E-state index in [1.807, 2.05) is 0 Å². The Morgan fingerprint density at radius 3 is 1.89 bits per heavy atom. The molecule has 0 bridgehead atoms. The van der Waals surface area contributed by atoms with Crippen molar-refractivity contribution in [2.24, 2.45) is 5.92 Å². The van der Waals surface area contributed by atoms with Crippen LogP contribution in [0.3, 0.4) is 0 Å². The lowest BCUT2D eigenvalue weighted by Gasteiger charge is -2.22. The van der Waals surface area contributed by atoms with E-state index in [-0.39, 0.29) is 11.5 Å². The van der Waals surface area contributed by atoms with Crippen LogP contribution < -0.4 is 0 Å². The number of hydrogen-bond donors (Lipinski definition) is 1. The molecule has 1 atom stereocenters. The van der Waals surface area contributed by atoms with Crippen molar-refractivity contribution in [2.75, 3.05) is 0 Å². The Balaban J connectivity index is 2.69. The van der Waals surface area contributed by atoms with Gasteiger partial charge in [0.05, 0.1) is 6.10 Å². The summed E-state index contributed by atoms with van der Waals surface area (Å²) in [5.74, 6) is 0.423. The van der Waals surface area contributed by atoms with E-state index in [4.69, 9.17) is 0 Å². The Hall–Kier alpha value is -0.820. The highest BCUT2D eigenvalue weighted by molar-refractivity contribution is 5.27. The normalized spacial score (nSPS) is 13.9.